The third-order valence-corrected chi connectivity index (χ3v) is 4.11. The summed E-state index contributed by atoms with van der Waals surface area (Å²) in [5, 5.41) is 11.4. The molecule has 0 saturated carbocycles. The summed E-state index contributed by atoms with van der Waals surface area (Å²) in [5.41, 5.74) is 2.23. The minimum Gasteiger partial charge on any atom is -0.286 e. The highest BCUT2D eigenvalue weighted by molar-refractivity contribution is 5.23. The summed E-state index contributed by atoms with van der Waals surface area (Å²) in [5.74, 6) is 0. The van der Waals surface area contributed by atoms with Crippen LogP contribution in [-0.2, 0) is 6.54 Å². The molecule has 0 bridgehead atoms. The molecule has 2 aromatic carbocycles. The molecule has 4 heteroatoms. The quantitative estimate of drug-likeness (QED) is 0.638. The van der Waals surface area contributed by atoms with E-state index >= 15 is 0 Å². The van der Waals surface area contributed by atoms with E-state index in [0.717, 1.165) is 18.7 Å². The fraction of sp³-hybridized carbons (Fsp3) is 0.294. The van der Waals surface area contributed by atoms with E-state index in [4.69, 9.17) is 0 Å². The molecular weight excluding hydrogens is 264 g/mol. The van der Waals surface area contributed by atoms with E-state index in [1.54, 1.807) is 0 Å². The van der Waals surface area contributed by atoms with Crippen molar-refractivity contribution in [3.63, 3.8) is 0 Å². The van der Waals surface area contributed by atoms with Crippen LogP contribution in [0.3, 0.4) is 0 Å². The van der Waals surface area contributed by atoms with Crippen LogP contribution < -0.4 is 0 Å². The van der Waals surface area contributed by atoms with E-state index in [-0.39, 0.29) is 11.0 Å². The lowest BCUT2D eigenvalue weighted by Gasteiger charge is -2.25. The average molecular weight is 282 g/mol. The summed E-state index contributed by atoms with van der Waals surface area (Å²) < 4.78 is 0. The highest BCUT2D eigenvalue weighted by Crippen LogP contribution is 2.35. The normalized spacial score (nSPS) is 22.3. The van der Waals surface area contributed by atoms with E-state index in [1.807, 2.05) is 48.5 Å². The molecule has 1 fully saturated rings. The molecule has 108 valence electrons. The molecule has 0 radical (unpaired) electrons. The highest BCUT2D eigenvalue weighted by Gasteiger charge is 2.42. The van der Waals surface area contributed by atoms with Crippen molar-refractivity contribution in [1.29, 1.82) is 0 Å². The van der Waals surface area contributed by atoms with E-state index < -0.39 is 6.04 Å². The summed E-state index contributed by atoms with van der Waals surface area (Å²) >= 11 is 0. The Morgan fingerprint density at radius 3 is 2.29 bits per heavy atom. The van der Waals surface area contributed by atoms with Gasteiger partial charge in [0.05, 0.1) is 0 Å². The number of nitrogens with zero attached hydrogens (tertiary/aromatic N) is 2. The molecule has 3 rings (SSSR count). The van der Waals surface area contributed by atoms with Crippen LogP contribution in [0.15, 0.2) is 60.7 Å². The van der Waals surface area contributed by atoms with Crippen LogP contribution in [0.5, 0.6) is 0 Å². The standard InChI is InChI=1S/C17H18N2O2/c20-19(21)16-11-12-18(13-14-7-3-1-4-8-14)17(16)15-9-5-2-6-10-15/h1-10,16-17H,11-13H2/t16-,17+/m0/s1. The molecule has 0 amide bonds. The maximum absolute atomic E-state index is 11.4. The van der Waals surface area contributed by atoms with E-state index in [2.05, 4.69) is 17.0 Å². The van der Waals surface area contributed by atoms with Crippen molar-refractivity contribution in [2.75, 3.05) is 6.54 Å². The first-order chi connectivity index (χ1) is 10.3. The van der Waals surface area contributed by atoms with Gasteiger partial charge < -0.3 is 0 Å². The van der Waals surface area contributed by atoms with E-state index in [1.165, 1.54) is 5.56 Å². The third-order valence-electron chi connectivity index (χ3n) is 4.11. The van der Waals surface area contributed by atoms with Gasteiger partial charge in [0.15, 0.2) is 0 Å². The summed E-state index contributed by atoms with van der Waals surface area (Å²) in [6.45, 7) is 1.52. The monoisotopic (exact) mass is 282 g/mol. The summed E-state index contributed by atoms with van der Waals surface area (Å²) in [6.07, 6.45) is 0.611. The zero-order valence-corrected chi connectivity index (χ0v) is 11.8. The maximum Gasteiger partial charge on any atom is 0.233 e. The fourth-order valence-corrected chi connectivity index (χ4v) is 3.14. The number of nitro groups is 1. The maximum atomic E-state index is 11.4. The Morgan fingerprint density at radius 2 is 1.67 bits per heavy atom. The molecule has 0 unspecified atom stereocenters. The predicted molar refractivity (Wildman–Crippen MR) is 81.4 cm³/mol. The molecule has 2 aromatic rings. The van der Waals surface area contributed by atoms with E-state index in [0.29, 0.717) is 6.42 Å². The Kier molecular flexibility index (Phi) is 3.97. The van der Waals surface area contributed by atoms with Crippen molar-refractivity contribution in [1.82, 2.24) is 4.90 Å². The zero-order valence-electron chi connectivity index (χ0n) is 11.8. The third kappa shape index (κ3) is 2.95. The van der Waals surface area contributed by atoms with Gasteiger partial charge in [-0.25, -0.2) is 0 Å². The largest absolute Gasteiger partial charge is 0.286 e. The number of likely N-dealkylation sites (tertiary alicyclic amines) is 1. The average Bonchev–Trinajstić information content (AvgIpc) is 2.93. The molecule has 1 heterocycles. The zero-order chi connectivity index (χ0) is 14.7. The number of rotatable bonds is 4. The smallest absolute Gasteiger partial charge is 0.233 e. The van der Waals surface area contributed by atoms with Gasteiger partial charge in [0, 0.05) is 24.4 Å². The lowest BCUT2D eigenvalue weighted by molar-refractivity contribution is -0.525. The number of benzene rings is 2. The van der Waals surface area contributed by atoms with Crippen molar-refractivity contribution < 1.29 is 4.92 Å². The highest BCUT2D eigenvalue weighted by atomic mass is 16.6. The molecule has 0 aliphatic carbocycles. The molecule has 0 aromatic heterocycles. The van der Waals surface area contributed by atoms with Gasteiger partial charge in [0.1, 0.15) is 6.04 Å². The summed E-state index contributed by atoms with van der Waals surface area (Å²) in [7, 11) is 0. The van der Waals surface area contributed by atoms with Crippen molar-refractivity contribution in [3.05, 3.63) is 81.9 Å². The lowest BCUT2D eigenvalue weighted by atomic mass is 10.0. The van der Waals surface area contributed by atoms with E-state index in [9.17, 15) is 10.1 Å². The second-order valence-electron chi connectivity index (χ2n) is 5.45. The van der Waals surface area contributed by atoms with Crippen molar-refractivity contribution in [2.45, 2.75) is 25.0 Å². The van der Waals surface area contributed by atoms with Gasteiger partial charge in [-0.05, 0) is 11.1 Å². The topological polar surface area (TPSA) is 46.4 Å². The molecule has 1 saturated heterocycles. The molecule has 2 atom stereocenters. The Bertz CT molecular complexity index is 601. The second-order valence-corrected chi connectivity index (χ2v) is 5.45. The van der Waals surface area contributed by atoms with Crippen LogP contribution in [0.25, 0.3) is 0 Å². The van der Waals surface area contributed by atoms with Gasteiger partial charge in [-0.1, -0.05) is 60.7 Å². The Morgan fingerprint density at radius 1 is 1.05 bits per heavy atom. The van der Waals surface area contributed by atoms with Crippen LogP contribution in [0.4, 0.5) is 0 Å². The Hall–Kier alpha value is -2.20. The molecule has 21 heavy (non-hydrogen) atoms. The van der Waals surface area contributed by atoms with Crippen LogP contribution >= 0.6 is 0 Å². The first kappa shape index (κ1) is 13.8. The van der Waals surface area contributed by atoms with Crippen molar-refractivity contribution >= 4 is 0 Å². The fourth-order valence-electron chi connectivity index (χ4n) is 3.14. The molecule has 0 spiro atoms. The molecule has 4 nitrogen and oxygen atoms in total. The molecule has 1 aliphatic heterocycles. The van der Waals surface area contributed by atoms with Crippen LogP contribution in [-0.4, -0.2) is 22.4 Å². The summed E-state index contributed by atoms with van der Waals surface area (Å²) in [6, 6.07) is 19.3. The Balaban J connectivity index is 1.87. The van der Waals surface area contributed by atoms with Crippen LogP contribution in [0.1, 0.15) is 23.6 Å². The SMILES string of the molecule is O=[N+]([O-])[C@H]1CCN(Cc2ccccc2)[C@@H]1c1ccccc1. The first-order valence-electron chi connectivity index (χ1n) is 7.22. The first-order valence-corrected chi connectivity index (χ1v) is 7.22. The van der Waals surface area contributed by atoms with Gasteiger partial charge in [-0.2, -0.15) is 0 Å². The minimum atomic E-state index is -0.517. The number of hydrogen-bond donors (Lipinski definition) is 0. The van der Waals surface area contributed by atoms with Gasteiger partial charge in [-0.15, -0.1) is 0 Å². The minimum absolute atomic E-state index is 0.122. The molecule has 0 N–H and O–H groups in total. The van der Waals surface area contributed by atoms with Gasteiger partial charge in [-0.3, -0.25) is 15.0 Å². The Labute approximate surface area is 124 Å². The van der Waals surface area contributed by atoms with Gasteiger partial charge in [0.2, 0.25) is 6.04 Å². The van der Waals surface area contributed by atoms with Crippen LogP contribution in [0.2, 0.25) is 0 Å². The number of hydrogen-bond acceptors (Lipinski definition) is 3. The second kappa shape index (κ2) is 6.06. The molecule has 1 aliphatic rings. The predicted octanol–water partition coefficient (Wildman–Crippen LogP) is 3.28. The lowest BCUT2D eigenvalue weighted by Crippen LogP contribution is -2.31. The van der Waals surface area contributed by atoms with Crippen molar-refractivity contribution in [2.24, 2.45) is 0 Å². The summed E-state index contributed by atoms with van der Waals surface area (Å²) in [4.78, 5) is 13.5. The molecular formula is C17H18N2O2. The van der Waals surface area contributed by atoms with Gasteiger partial charge in [0.25, 0.3) is 0 Å². The van der Waals surface area contributed by atoms with Gasteiger partial charge >= 0.3 is 0 Å². The van der Waals surface area contributed by atoms with Crippen molar-refractivity contribution in [3.8, 4) is 0 Å². The van der Waals surface area contributed by atoms with Crippen LogP contribution in [0, 0.1) is 10.1 Å².